The first kappa shape index (κ1) is 24.5. The van der Waals surface area contributed by atoms with Gasteiger partial charge < -0.3 is 15.2 Å². The number of hydroxylamine groups is 1. The molecule has 1 amide bonds. The van der Waals surface area contributed by atoms with Crippen molar-refractivity contribution < 1.29 is 33.1 Å². The Kier molecular flexibility index (Phi) is 6.61. The molecule has 0 bridgehead atoms. The lowest BCUT2D eigenvalue weighted by molar-refractivity contribution is -0.132. The van der Waals surface area contributed by atoms with Crippen molar-refractivity contribution in [3.8, 4) is 11.5 Å². The minimum Gasteiger partial charge on any atom is -0.508 e. The van der Waals surface area contributed by atoms with E-state index in [9.17, 15) is 28.3 Å². The molecule has 2 aliphatic rings. The molecule has 11 heteroatoms. The van der Waals surface area contributed by atoms with Crippen molar-refractivity contribution in [1.82, 2.24) is 10.8 Å². The Morgan fingerprint density at radius 2 is 1.71 bits per heavy atom. The summed E-state index contributed by atoms with van der Waals surface area (Å²) in [5.74, 6) is -1.76. The van der Waals surface area contributed by atoms with Gasteiger partial charge in [0.1, 0.15) is 11.5 Å². The van der Waals surface area contributed by atoms with Gasteiger partial charge in [0, 0.05) is 0 Å². The molecule has 34 heavy (non-hydrogen) atoms. The molecule has 2 aromatic rings. The summed E-state index contributed by atoms with van der Waals surface area (Å²) in [6.07, 6.45) is 2.23. The first-order chi connectivity index (χ1) is 16.1. The van der Waals surface area contributed by atoms with E-state index in [2.05, 4.69) is 5.32 Å². The number of hydrogen-bond acceptors (Lipinski definition) is 8. The Hall–Kier alpha value is -2.66. The van der Waals surface area contributed by atoms with Crippen LogP contribution in [0.15, 0.2) is 47.4 Å². The number of halogens is 1. The van der Waals surface area contributed by atoms with Gasteiger partial charge in [-0.3, -0.25) is 10.0 Å². The first-order valence-electron chi connectivity index (χ1n) is 10.8. The smallest absolute Gasteiger partial charge is 0.343 e. The van der Waals surface area contributed by atoms with E-state index in [-0.39, 0.29) is 45.2 Å². The van der Waals surface area contributed by atoms with Gasteiger partial charge in [-0.15, -0.1) is 0 Å². The summed E-state index contributed by atoms with van der Waals surface area (Å²) in [7, 11) is -4.26. The number of hydrogen-bond donors (Lipinski definition) is 4. The molecule has 4 rings (SSSR count). The van der Waals surface area contributed by atoms with E-state index in [1.54, 1.807) is 5.48 Å². The van der Waals surface area contributed by atoms with Crippen LogP contribution in [-0.4, -0.2) is 48.4 Å². The van der Waals surface area contributed by atoms with Crippen molar-refractivity contribution in [2.24, 2.45) is 5.41 Å². The van der Waals surface area contributed by atoms with Gasteiger partial charge in [0.15, 0.2) is 14.6 Å². The van der Waals surface area contributed by atoms with Crippen LogP contribution >= 0.6 is 11.6 Å². The van der Waals surface area contributed by atoms with Gasteiger partial charge in [-0.25, -0.2) is 18.7 Å². The second-order valence-corrected chi connectivity index (χ2v) is 11.6. The maximum atomic E-state index is 13.7. The van der Waals surface area contributed by atoms with E-state index in [1.165, 1.54) is 36.4 Å². The summed E-state index contributed by atoms with van der Waals surface area (Å²) in [4.78, 5) is 24.9. The van der Waals surface area contributed by atoms with Crippen LogP contribution in [0.25, 0.3) is 0 Å². The van der Waals surface area contributed by atoms with Crippen LogP contribution in [0.5, 0.6) is 11.5 Å². The maximum absolute atomic E-state index is 13.7. The van der Waals surface area contributed by atoms with Crippen molar-refractivity contribution in [2.75, 3.05) is 13.1 Å². The van der Waals surface area contributed by atoms with Crippen LogP contribution in [0.1, 0.15) is 42.5 Å². The Balaban J connectivity index is 1.63. The van der Waals surface area contributed by atoms with Crippen LogP contribution < -0.4 is 15.5 Å². The Labute approximate surface area is 201 Å². The van der Waals surface area contributed by atoms with Gasteiger partial charge in [0.25, 0.3) is 5.91 Å². The van der Waals surface area contributed by atoms with E-state index < -0.39 is 26.5 Å². The molecule has 2 fully saturated rings. The summed E-state index contributed by atoms with van der Waals surface area (Å²) in [6, 6.07) is 9.05. The van der Waals surface area contributed by atoms with Crippen LogP contribution in [0.2, 0.25) is 5.02 Å². The van der Waals surface area contributed by atoms with Crippen molar-refractivity contribution >= 4 is 33.3 Å². The standard InChI is InChI=1S/C23H25ClN2O7S/c24-18-13-17(5-6-19(18)33-20(28)15-1-3-16(27)4-2-15)34(31,32)23(21(29)26-30)8-7-22(14-23)9-11-25-12-10-22/h1-6,13,25,27,30H,7-12,14H2,(H,26,29). The number of ether oxygens (including phenoxy) is 1. The summed E-state index contributed by atoms with van der Waals surface area (Å²) in [5.41, 5.74) is 1.44. The SMILES string of the molecule is O=C(Oc1ccc(S(=O)(=O)C2(C(=O)NO)CCC3(CCNCC3)C2)cc1Cl)c1ccc(O)cc1. The number of piperidine rings is 1. The number of carbonyl (C=O) groups is 2. The summed E-state index contributed by atoms with van der Waals surface area (Å²) in [6.45, 7) is 1.48. The van der Waals surface area contributed by atoms with Crippen LogP contribution in [0.3, 0.4) is 0 Å². The van der Waals surface area contributed by atoms with Gasteiger partial charge >= 0.3 is 5.97 Å². The number of amides is 1. The molecule has 182 valence electrons. The quantitative estimate of drug-likeness (QED) is 0.209. The fourth-order valence-corrected chi connectivity index (χ4v) is 7.41. The van der Waals surface area contributed by atoms with Crippen molar-refractivity contribution in [2.45, 2.75) is 41.7 Å². The third kappa shape index (κ3) is 4.26. The lowest BCUT2D eigenvalue weighted by Crippen LogP contribution is -2.51. The van der Waals surface area contributed by atoms with Crippen LogP contribution in [0.4, 0.5) is 0 Å². The fourth-order valence-electron chi connectivity index (χ4n) is 4.99. The molecule has 1 aliphatic carbocycles. The number of rotatable bonds is 5. The highest BCUT2D eigenvalue weighted by Crippen LogP contribution is 2.54. The third-order valence-electron chi connectivity index (χ3n) is 6.93. The predicted molar refractivity (Wildman–Crippen MR) is 123 cm³/mol. The molecule has 1 saturated carbocycles. The van der Waals surface area contributed by atoms with Gasteiger partial charge in [0.2, 0.25) is 0 Å². The second-order valence-electron chi connectivity index (χ2n) is 8.89. The molecule has 1 spiro atoms. The van der Waals surface area contributed by atoms with Crippen molar-refractivity contribution in [3.05, 3.63) is 53.1 Å². The van der Waals surface area contributed by atoms with Crippen LogP contribution in [-0.2, 0) is 14.6 Å². The maximum Gasteiger partial charge on any atom is 0.343 e. The summed E-state index contributed by atoms with van der Waals surface area (Å²) < 4.78 is 30.9. The number of phenols is 1. The van der Waals surface area contributed by atoms with Crippen LogP contribution in [0, 0.1) is 5.41 Å². The monoisotopic (exact) mass is 508 g/mol. The number of nitrogens with one attached hydrogen (secondary N) is 2. The molecule has 2 aromatic carbocycles. The average Bonchev–Trinajstić information content (AvgIpc) is 3.21. The molecule has 1 heterocycles. The minimum atomic E-state index is -4.26. The van der Waals surface area contributed by atoms with E-state index in [4.69, 9.17) is 16.3 Å². The zero-order valence-corrected chi connectivity index (χ0v) is 19.8. The summed E-state index contributed by atoms with van der Waals surface area (Å²) >= 11 is 6.26. The number of sulfone groups is 1. The molecule has 0 aromatic heterocycles. The van der Waals surface area contributed by atoms with Gasteiger partial charge in [-0.1, -0.05) is 11.6 Å². The van der Waals surface area contributed by atoms with Gasteiger partial charge in [0.05, 0.1) is 15.5 Å². The number of carbonyl (C=O) groups excluding carboxylic acids is 2. The third-order valence-corrected chi connectivity index (χ3v) is 9.67. The molecule has 9 nitrogen and oxygen atoms in total. The fraction of sp³-hybridized carbons (Fsp3) is 0.391. The van der Waals surface area contributed by atoms with Gasteiger partial charge in [-0.05, 0) is 93.1 Å². The first-order valence-corrected chi connectivity index (χ1v) is 12.7. The van der Waals surface area contributed by atoms with Gasteiger partial charge in [-0.2, -0.15) is 0 Å². The van der Waals surface area contributed by atoms with E-state index in [0.717, 1.165) is 32.0 Å². The van der Waals surface area contributed by atoms with Crippen molar-refractivity contribution in [1.29, 1.82) is 0 Å². The zero-order chi connectivity index (χ0) is 24.6. The molecule has 1 saturated heterocycles. The average molecular weight is 509 g/mol. The molecule has 0 radical (unpaired) electrons. The Bertz CT molecular complexity index is 1210. The number of phenolic OH excluding ortho intramolecular Hbond substituents is 1. The molecule has 1 aliphatic heterocycles. The number of benzene rings is 2. The molecule has 4 N–H and O–H groups in total. The van der Waals surface area contributed by atoms with E-state index in [1.807, 2.05) is 0 Å². The predicted octanol–water partition coefficient (Wildman–Crippen LogP) is 2.84. The van der Waals surface area contributed by atoms with E-state index in [0.29, 0.717) is 6.42 Å². The number of esters is 1. The van der Waals surface area contributed by atoms with Crippen molar-refractivity contribution in [3.63, 3.8) is 0 Å². The zero-order valence-electron chi connectivity index (χ0n) is 18.2. The molecule has 1 unspecified atom stereocenters. The molecule has 1 atom stereocenters. The summed E-state index contributed by atoms with van der Waals surface area (Å²) in [5, 5.41) is 21.9. The minimum absolute atomic E-state index is 0.0110. The normalized spacial score (nSPS) is 21.8. The molecular formula is C23H25ClN2O7S. The largest absolute Gasteiger partial charge is 0.508 e. The highest BCUT2D eigenvalue weighted by atomic mass is 35.5. The Morgan fingerprint density at radius 3 is 2.32 bits per heavy atom. The second kappa shape index (κ2) is 9.18. The highest BCUT2D eigenvalue weighted by Gasteiger charge is 2.60. The topological polar surface area (TPSA) is 142 Å². The highest BCUT2D eigenvalue weighted by molar-refractivity contribution is 7.93. The molecular weight excluding hydrogens is 484 g/mol. The Morgan fingerprint density at radius 1 is 1.03 bits per heavy atom. The lowest BCUT2D eigenvalue weighted by Gasteiger charge is -2.36. The number of aromatic hydroxyl groups is 1. The lowest BCUT2D eigenvalue weighted by atomic mass is 9.77. The van der Waals surface area contributed by atoms with E-state index >= 15 is 0 Å².